The molecule has 0 amide bonds. The molecule has 0 aliphatic heterocycles. The average Bonchev–Trinajstić information content (AvgIpc) is 3.88. The Kier molecular flexibility index (Phi) is 16.4. The van der Waals surface area contributed by atoms with Gasteiger partial charge in [-0.15, -0.1) is 23.3 Å². The molecule has 0 spiro atoms. The van der Waals surface area contributed by atoms with Crippen LogP contribution < -0.4 is 21.2 Å². The third-order valence-electron chi connectivity index (χ3n) is 10.6. The van der Waals surface area contributed by atoms with E-state index < -0.39 is 15.8 Å². The fraction of sp³-hybridized carbons (Fsp3) is 0.0545. The van der Waals surface area contributed by atoms with Crippen LogP contribution in [0.4, 0.5) is 0 Å². The summed E-state index contributed by atoms with van der Waals surface area (Å²) < 4.78 is 5.69. The third-order valence-corrected chi connectivity index (χ3v) is 16.8. The van der Waals surface area contributed by atoms with Gasteiger partial charge in [-0.25, -0.2) is 0 Å². The Labute approximate surface area is 388 Å². The topological polar surface area (TPSA) is 13.1 Å². The zero-order chi connectivity index (χ0) is 39.5. The van der Waals surface area contributed by atoms with Gasteiger partial charge < -0.3 is 17.3 Å². The van der Waals surface area contributed by atoms with Gasteiger partial charge in [0.25, 0.3) is 0 Å². The molecule has 0 saturated carbocycles. The number of para-hydroxylation sites is 2. The van der Waals surface area contributed by atoms with Gasteiger partial charge in [0.2, 0.25) is 0 Å². The fourth-order valence-corrected chi connectivity index (χ4v) is 14.0. The molecule has 1 aromatic heterocycles. The van der Waals surface area contributed by atoms with Crippen molar-refractivity contribution >= 4 is 59.0 Å². The van der Waals surface area contributed by atoms with Crippen molar-refractivity contribution in [2.24, 2.45) is 0 Å². The van der Waals surface area contributed by atoms with Crippen molar-refractivity contribution in [2.75, 3.05) is 12.3 Å². The molecule has 1 aliphatic rings. The van der Waals surface area contributed by atoms with Gasteiger partial charge >= 0.3 is 44.8 Å². The molecule has 0 N–H and O–H groups in total. The molecule has 5 heteroatoms. The Bertz CT molecular complexity index is 2680. The first-order valence-corrected chi connectivity index (χ1v) is 23.0. The monoisotopic (exact) mass is 1170 g/mol. The van der Waals surface area contributed by atoms with E-state index in [9.17, 15) is 0 Å². The first-order chi connectivity index (χ1) is 28.7. The summed E-state index contributed by atoms with van der Waals surface area (Å²) in [5.41, 5.74) is 8.40. The van der Waals surface area contributed by atoms with Crippen molar-refractivity contribution in [1.82, 2.24) is 0 Å². The number of benzene rings is 8. The minimum absolute atomic E-state index is 0. The van der Waals surface area contributed by atoms with Gasteiger partial charge in [0.15, 0.2) is 0 Å². The van der Waals surface area contributed by atoms with E-state index in [2.05, 4.69) is 164 Å². The standard InChI is InChI=1S/C26H24P2.C15H9.C14H7O.2Au/c1-5-13-23(14-6-1)27(24-15-7-2-8-16-24)21-22-28(25-17-9-3-10-18-25)26-19-11-4-12-20-26;1-2-11-7-5-9-14-13-8-4-3-6-12(13)10-15(11)14;1-2-10-6-5-8-12-11-7-3-4-9-13(11)15-14(10)12;;/h1-20H,21-22H2;3-9H,10H2;3-9H;;/q;2*-1;2*+1/p+2. The summed E-state index contributed by atoms with van der Waals surface area (Å²) in [6.45, 7) is 0. The zero-order valence-electron chi connectivity index (χ0n) is 32.8. The number of furan rings is 1. The molecule has 9 aromatic rings. The third kappa shape index (κ3) is 10.3. The predicted octanol–water partition coefficient (Wildman–Crippen LogP) is 11.4. The number of rotatable bonds is 7. The molecule has 1 heterocycles. The van der Waals surface area contributed by atoms with Crippen molar-refractivity contribution in [1.29, 1.82) is 0 Å². The summed E-state index contributed by atoms with van der Waals surface area (Å²) in [6.07, 6.45) is 17.9. The van der Waals surface area contributed by atoms with Crippen molar-refractivity contribution in [3.63, 3.8) is 0 Å². The first-order valence-electron chi connectivity index (χ1n) is 19.6. The molecule has 0 saturated heterocycles. The van der Waals surface area contributed by atoms with E-state index in [1.54, 1.807) is 0 Å². The van der Waals surface area contributed by atoms with Crippen LogP contribution >= 0.6 is 15.8 Å². The van der Waals surface area contributed by atoms with Crippen molar-refractivity contribution < 1.29 is 49.2 Å². The van der Waals surface area contributed by atoms with Gasteiger partial charge in [-0.05, 0) is 77.7 Å². The molecule has 0 unspecified atom stereocenters. The van der Waals surface area contributed by atoms with Gasteiger partial charge in [-0.3, -0.25) is 11.8 Å². The maximum Gasteiger partial charge on any atom is 1.00 e. The molecular formula is C55H42Au2OP2+2. The molecule has 1 nitrogen and oxygen atoms in total. The number of hydrogen-bond acceptors (Lipinski definition) is 1. The smallest absolute Gasteiger partial charge is 0.474 e. The second kappa shape index (κ2) is 22.0. The van der Waals surface area contributed by atoms with E-state index in [4.69, 9.17) is 17.3 Å². The van der Waals surface area contributed by atoms with Crippen LogP contribution in [0.1, 0.15) is 22.3 Å². The molecule has 60 heavy (non-hydrogen) atoms. The normalized spacial score (nSPS) is 10.7. The summed E-state index contributed by atoms with van der Waals surface area (Å²) in [6, 6.07) is 72.7. The van der Waals surface area contributed by atoms with E-state index in [1.165, 1.54) is 55.8 Å². The van der Waals surface area contributed by atoms with Crippen LogP contribution in [0.3, 0.4) is 0 Å². The molecule has 298 valence electrons. The second-order valence-corrected chi connectivity index (χ2v) is 19.3. The summed E-state index contributed by atoms with van der Waals surface area (Å²) in [7, 11) is -1.57. The maximum atomic E-state index is 7.27. The van der Waals surface area contributed by atoms with Crippen LogP contribution in [0.25, 0.3) is 33.1 Å². The predicted molar refractivity (Wildman–Crippen MR) is 252 cm³/mol. The van der Waals surface area contributed by atoms with Gasteiger partial charge in [-0.2, -0.15) is 0 Å². The van der Waals surface area contributed by atoms with Crippen LogP contribution in [0.15, 0.2) is 211 Å². The van der Waals surface area contributed by atoms with Crippen LogP contribution in [0, 0.1) is 24.7 Å². The Morgan fingerprint density at radius 3 is 1.37 bits per heavy atom. The summed E-state index contributed by atoms with van der Waals surface area (Å²) in [4.78, 5) is 0. The zero-order valence-corrected chi connectivity index (χ0v) is 39.1. The number of fused-ring (bicyclic) bond motifs is 6. The van der Waals surface area contributed by atoms with Crippen LogP contribution in [-0.4, -0.2) is 12.3 Å². The summed E-state index contributed by atoms with van der Waals surface area (Å²) in [5.74, 6) is 4.90. The van der Waals surface area contributed by atoms with E-state index in [0.29, 0.717) is 5.56 Å². The second-order valence-electron chi connectivity index (χ2n) is 14.1. The van der Waals surface area contributed by atoms with Gasteiger partial charge in [-0.1, -0.05) is 145 Å². The summed E-state index contributed by atoms with van der Waals surface area (Å²) in [5, 5.41) is 8.19. The van der Waals surface area contributed by atoms with Crippen molar-refractivity contribution in [3.05, 3.63) is 241 Å². The minimum Gasteiger partial charge on any atom is -0.474 e. The van der Waals surface area contributed by atoms with Crippen LogP contribution in [0.5, 0.6) is 0 Å². The van der Waals surface area contributed by atoms with Crippen molar-refractivity contribution in [2.45, 2.75) is 6.42 Å². The largest absolute Gasteiger partial charge is 1.00 e. The van der Waals surface area contributed by atoms with Gasteiger partial charge in [0.1, 0.15) is 17.9 Å². The SMILES string of the molecule is [Au+].[Au+].[C-]#Cc1cccc2c1Cc1ccccc1-2.[C-]#Cc1cccc2c1oc1ccccc12.c1ccc([PH+](CC[PH+](c2ccccc2)c2ccccc2)c2ccccc2)cc1. The molecule has 0 bridgehead atoms. The van der Waals surface area contributed by atoms with E-state index >= 15 is 0 Å². The molecular weight excluding hydrogens is 1130 g/mol. The van der Waals surface area contributed by atoms with Crippen molar-refractivity contribution in [3.8, 4) is 23.0 Å². The first kappa shape index (κ1) is 44.6. The molecule has 10 rings (SSSR count). The molecule has 0 fully saturated rings. The van der Waals surface area contributed by atoms with Gasteiger partial charge in [0.05, 0.1) is 42.6 Å². The fourth-order valence-electron chi connectivity index (χ4n) is 7.84. The summed E-state index contributed by atoms with van der Waals surface area (Å²) >= 11 is 0. The molecule has 8 aromatic carbocycles. The van der Waals surface area contributed by atoms with Crippen LogP contribution in [-0.2, 0) is 51.2 Å². The molecule has 1 aliphatic carbocycles. The quantitative estimate of drug-likeness (QED) is 0.0671. The van der Waals surface area contributed by atoms with Crippen LogP contribution in [0.2, 0.25) is 0 Å². The Hall–Kier alpha value is -4.98. The van der Waals surface area contributed by atoms with E-state index in [-0.39, 0.29) is 44.8 Å². The Morgan fingerprint density at radius 2 is 0.833 bits per heavy atom. The molecule has 0 atom stereocenters. The number of hydrogen-bond donors (Lipinski definition) is 0. The Morgan fingerprint density at radius 1 is 0.417 bits per heavy atom. The van der Waals surface area contributed by atoms with Gasteiger partial charge in [0, 0.05) is 10.8 Å². The Balaban J connectivity index is 0.000000160. The van der Waals surface area contributed by atoms with E-state index in [1.807, 2.05) is 54.6 Å². The average molecular weight is 1170 g/mol. The van der Waals surface area contributed by atoms with E-state index in [0.717, 1.165) is 33.9 Å². The maximum absolute atomic E-state index is 7.27. The molecule has 0 radical (unpaired) electrons. The minimum atomic E-state index is -0.783.